The van der Waals surface area contributed by atoms with E-state index < -0.39 is 0 Å². The van der Waals surface area contributed by atoms with E-state index in [1.165, 1.54) is 19.3 Å². The minimum atomic E-state index is 0.0867. The van der Waals surface area contributed by atoms with Gasteiger partial charge in [0.25, 0.3) is 5.91 Å². The van der Waals surface area contributed by atoms with Crippen LogP contribution in [-0.4, -0.2) is 61.4 Å². The Morgan fingerprint density at radius 1 is 1.20 bits per heavy atom. The lowest BCUT2D eigenvalue weighted by Crippen LogP contribution is -2.52. The van der Waals surface area contributed by atoms with E-state index in [1.54, 1.807) is 7.11 Å². The number of amides is 1. The summed E-state index contributed by atoms with van der Waals surface area (Å²) < 4.78 is 13.7. The van der Waals surface area contributed by atoms with Crippen LogP contribution in [0.1, 0.15) is 69.4 Å². The van der Waals surface area contributed by atoms with Crippen molar-refractivity contribution >= 4 is 16.8 Å². The summed E-state index contributed by atoms with van der Waals surface area (Å²) in [7, 11) is 1.73. The average Bonchev–Trinajstić information content (AvgIpc) is 3.45. The summed E-state index contributed by atoms with van der Waals surface area (Å²) in [5.74, 6) is 1.62. The molecule has 5 rings (SSSR count). The Labute approximate surface area is 210 Å². The quantitative estimate of drug-likeness (QED) is 0.584. The molecule has 2 aliphatic carbocycles. The number of morpholine rings is 1. The number of aromatic nitrogens is 1. The molecule has 1 amide bonds. The normalized spacial score (nSPS) is 28.0. The lowest BCUT2D eigenvalue weighted by atomic mass is 9.68. The van der Waals surface area contributed by atoms with Crippen molar-refractivity contribution < 1.29 is 14.3 Å². The fourth-order valence-corrected chi connectivity index (χ4v) is 7.52. The number of carbonyl (C=O) groups is 1. The van der Waals surface area contributed by atoms with Gasteiger partial charge in [-0.2, -0.15) is 0 Å². The number of rotatable bonds is 8. The number of carbonyl (C=O) groups excluding carboxylic acids is 1. The first-order chi connectivity index (χ1) is 16.8. The molecule has 2 bridgehead atoms. The van der Waals surface area contributed by atoms with Crippen LogP contribution in [0.2, 0.25) is 0 Å². The molecule has 1 saturated heterocycles. The molecule has 1 aliphatic heterocycles. The van der Waals surface area contributed by atoms with E-state index >= 15 is 0 Å². The second kappa shape index (κ2) is 9.44. The van der Waals surface area contributed by atoms with Crippen LogP contribution in [-0.2, 0) is 17.7 Å². The second-order valence-electron chi connectivity index (χ2n) is 11.9. The summed E-state index contributed by atoms with van der Waals surface area (Å²) in [4.78, 5) is 16.6. The van der Waals surface area contributed by atoms with Crippen molar-refractivity contribution in [2.24, 2.45) is 16.7 Å². The SMILES string of the molecule is CCCc1c(C(=O)NC2C(C)(C)[C@@H]3CC[C@@]2(C)C3)c2cccc(OC)c2n1CCN1CCOCC1. The molecule has 3 fully saturated rings. The molecule has 0 spiro atoms. The number of benzene rings is 1. The van der Waals surface area contributed by atoms with Crippen LogP contribution < -0.4 is 10.1 Å². The maximum atomic E-state index is 14.1. The van der Waals surface area contributed by atoms with E-state index in [1.807, 2.05) is 12.1 Å². The molecule has 0 radical (unpaired) electrons. The lowest BCUT2D eigenvalue weighted by molar-refractivity contribution is 0.0364. The van der Waals surface area contributed by atoms with Crippen LogP contribution in [0.3, 0.4) is 0 Å². The van der Waals surface area contributed by atoms with Crippen LogP contribution >= 0.6 is 0 Å². The summed E-state index contributed by atoms with van der Waals surface area (Å²) in [5.41, 5.74) is 3.37. The highest BCUT2D eigenvalue weighted by Crippen LogP contribution is 2.62. The van der Waals surface area contributed by atoms with Crippen molar-refractivity contribution in [1.82, 2.24) is 14.8 Å². The lowest BCUT2D eigenvalue weighted by Gasteiger charge is -2.43. The number of nitrogens with zero attached hydrogens (tertiary/aromatic N) is 2. The first-order valence-corrected chi connectivity index (χ1v) is 13.6. The van der Waals surface area contributed by atoms with Crippen molar-refractivity contribution in [2.75, 3.05) is 40.0 Å². The summed E-state index contributed by atoms with van der Waals surface area (Å²) >= 11 is 0. The van der Waals surface area contributed by atoms with Gasteiger partial charge in [0.1, 0.15) is 5.75 Å². The summed E-state index contributed by atoms with van der Waals surface area (Å²) in [6.07, 6.45) is 5.59. The number of nitrogens with one attached hydrogen (secondary N) is 1. The van der Waals surface area contributed by atoms with Gasteiger partial charge in [-0.1, -0.05) is 46.2 Å². The molecular weight excluding hydrogens is 438 g/mol. The van der Waals surface area contributed by atoms with Gasteiger partial charge in [-0.25, -0.2) is 0 Å². The largest absolute Gasteiger partial charge is 0.495 e. The van der Waals surface area contributed by atoms with Crippen LogP contribution in [0.15, 0.2) is 18.2 Å². The molecule has 3 atom stereocenters. The summed E-state index contributed by atoms with van der Waals surface area (Å²) in [5, 5.41) is 4.60. The van der Waals surface area contributed by atoms with Gasteiger partial charge in [0.05, 0.1) is 31.4 Å². The molecule has 2 aromatic rings. The zero-order chi connectivity index (χ0) is 24.8. The molecule has 2 saturated carbocycles. The number of hydrogen-bond acceptors (Lipinski definition) is 4. The van der Waals surface area contributed by atoms with Gasteiger partial charge < -0.3 is 19.4 Å². The molecule has 3 aliphatic rings. The topological polar surface area (TPSA) is 55.7 Å². The number of ether oxygens (including phenoxy) is 2. The average molecular weight is 482 g/mol. The summed E-state index contributed by atoms with van der Waals surface area (Å²) in [6.45, 7) is 14.6. The minimum absolute atomic E-state index is 0.0867. The van der Waals surface area contributed by atoms with Crippen molar-refractivity contribution in [1.29, 1.82) is 0 Å². The van der Waals surface area contributed by atoms with Gasteiger partial charge in [0, 0.05) is 43.3 Å². The minimum Gasteiger partial charge on any atom is -0.495 e. The van der Waals surface area contributed by atoms with Crippen LogP contribution in [0, 0.1) is 16.7 Å². The molecule has 35 heavy (non-hydrogen) atoms. The Morgan fingerprint density at radius 3 is 2.63 bits per heavy atom. The molecular formula is C29H43N3O3. The predicted molar refractivity (Wildman–Crippen MR) is 140 cm³/mol. The van der Waals surface area contributed by atoms with Crippen LogP contribution in [0.25, 0.3) is 10.9 Å². The first kappa shape index (κ1) is 24.6. The Balaban J connectivity index is 1.54. The maximum absolute atomic E-state index is 14.1. The number of methoxy groups -OCH3 is 1. The van der Waals surface area contributed by atoms with Gasteiger partial charge in [-0.15, -0.1) is 0 Å². The Hall–Kier alpha value is -2.05. The van der Waals surface area contributed by atoms with Crippen LogP contribution in [0.4, 0.5) is 0 Å². The van der Waals surface area contributed by atoms with Crippen molar-refractivity contribution in [2.45, 2.75) is 72.4 Å². The smallest absolute Gasteiger partial charge is 0.254 e. The Bertz CT molecular complexity index is 1080. The predicted octanol–water partition coefficient (Wildman–Crippen LogP) is 4.88. The molecule has 192 valence electrons. The van der Waals surface area contributed by atoms with Crippen LogP contribution in [0.5, 0.6) is 5.75 Å². The van der Waals surface area contributed by atoms with E-state index in [4.69, 9.17) is 9.47 Å². The molecule has 1 N–H and O–H groups in total. The number of hydrogen-bond donors (Lipinski definition) is 1. The fourth-order valence-electron chi connectivity index (χ4n) is 7.52. The van der Waals surface area contributed by atoms with Crippen molar-refractivity contribution in [3.8, 4) is 5.75 Å². The second-order valence-corrected chi connectivity index (χ2v) is 11.9. The molecule has 1 aromatic heterocycles. The van der Waals surface area contributed by atoms with E-state index in [-0.39, 0.29) is 22.8 Å². The van der Waals surface area contributed by atoms with E-state index in [0.29, 0.717) is 5.92 Å². The van der Waals surface area contributed by atoms with Gasteiger partial charge >= 0.3 is 0 Å². The Kier molecular flexibility index (Phi) is 6.64. The zero-order valence-electron chi connectivity index (χ0n) is 22.3. The van der Waals surface area contributed by atoms with Crippen molar-refractivity contribution in [3.63, 3.8) is 0 Å². The van der Waals surface area contributed by atoms with Gasteiger partial charge in [0.2, 0.25) is 0 Å². The van der Waals surface area contributed by atoms with Crippen molar-refractivity contribution in [3.05, 3.63) is 29.5 Å². The van der Waals surface area contributed by atoms with E-state index in [2.05, 4.69) is 48.5 Å². The fraction of sp³-hybridized carbons (Fsp3) is 0.690. The molecule has 6 nitrogen and oxygen atoms in total. The zero-order valence-corrected chi connectivity index (χ0v) is 22.3. The highest BCUT2D eigenvalue weighted by Gasteiger charge is 2.59. The molecule has 1 unspecified atom stereocenters. The van der Waals surface area contributed by atoms with Gasteiger partial charge in [0.15, 0.2) is 0 Å². The highest BCUT2D eigenvalue weighted by molar-refractivity contribution is 6.10. The summed E-state index contributed by atoms with van der Waals surface area (Å²) in [6, 6.07) is 6.34. The van der Waals surface area contributed by atoms with E-state index in [9.17, 15) is 4.79 Å². The van der Waals surface area contributed by atoms with Gasteiger partial charge in [-0.05, 0) is 48.5 Å². The monoisotopic (exact) mass is 481 g/mol. The van der Waals surface area contributed by atoms with Gasteiger partial charge in [-0.3, -0.25) is 9.69 Å². The molecule has 1 aromatic carbocycles. The third-order valence-corrected chi connectivity index (χ3v) is 9.38. The van der Waals surface area contributed by atoms with E-state index in [0.717, 1.165) is 80.1 Å². The third-order valence-electron chi connectivity index (χ3n) is 9.38. The molecule has 2 heterocycles. The Morgan fingerprint density at radius 2 is 1.97 bits per heavy atom. The molecule has 6 heteroatoms. The maximum Gasteiger partial charge on any atom is 0.254 e. The highest BCUT2D eigenvalue weighted by atomic mass is 16.5. The number of para-hydroxylation sites is 1. The third kappa shape index (κ3) is 4.17. The number of fused-ring (bicyclic) bond motifs is 3. The first-order valence-electron chi connectivity index (χ1n) is 13.6. The standard InChI is InChI=1S/C29H43N3O3/c1-6-8-22-24(26(33)30-27-28(2,3)20-11-12-29(27,4)19-20)21-9-7-10-23(34-5)25(21)32(22)14-13-31-15-17-35-18-16-31/h7,9-10,20,27H,6,8,11-19H2,1-5H3,(H,30,33)/t20-,27?,29+/m1/s1.